The SMILES string of the molecule is COc1ccc(COC2O[C@@H](C(O)C(=O)c3ccccc3)[C@H](N=[N+]=[N-])[C@](O)(C(=O)c3ccccc3)[C@H]2N=[N+]=[N-])cc1. The van der Waals surface area contributed by atoms with Gasteiger partial charge >= 0.3 is 0 Å². The minimum atomic E-state index is -2.79. The Morgan fingerprint density at radius 3 is 2.05 bits per heavy atom. The van der Waals surface area contributed by atoms with Gasteiger partial charge in [-0.15, -0.1) is 0 Å². The van der Waals surface area contributed by atoms with Gasteiger partial charge in [-0.3, -0.25) is 9.59 Å². The second-order valence-corrected chi connectivity index (χ2v) is 9.12. The normalized spacial score (nSPS) is 24.3. The number of hydrogen-bond acceptors (Lipinski definition) is 9. The molecule has 1 saturated heterocycles. The van der Waals surface area contributed by atoms with Crippen molar-refractivity contribution in [2.75, 3.05) is 7.11 Å². The summed E-state index contributed by atoms with van der Waals surface area (Å²) in [5, 5.41) is 30.5. The fourth-order valence-electron chi connectivity index (χ4n) is 4.63. The predicted molar refractivity (Wildman–Crippen MR) is 145 cm³/mol. The highest BCUT2D eigenvalue weighted by Gasteiger charge is 2.62. The number of carbonyl (C=O) groups excluding carboxylic acids is 2. The van der Waals surface area contributed by atoms with Crippen LogP contribution in [-0.4, -0.2) is 65.1 Å². The second-order valence-electron chi connectivity index (χ2n) is 9.12. The highest BCUT2D eigenvalue weighted by Crippen LogP contribution is 2.39. The minimum absolute atomic E-state index is 0.00953. The molecule has 3 aromatic rings. The molecule has 13 heteroatoms. The maximum Gasteiger partial charge on any atom is 0.195 e. The number of nitrogens with zero attached hydrogens (tertiary/aromatic N) is 6. The standard InChI is InChI=1S/C28H26N6O7/c1-39-20-14-12-17(13-15-20)16-40-27-25(32-34-30)28(38,26(37)19-10-6-3-7-11-19)24(31-33-29)23(41-27)22(36)21(35)18-8-4-2-5-9-18/h2-15,22-25,27,36,38H,16H2,1H3/t22?,23-,24-,25-,27?,28+/m0/s1. The van der Waals surface area contributed by atoms with E-state index < -0.39 is 47.7 Å². The molecule has 0 amide bonds. The first-order valence-electron chi connectivity index (χ1n) is 12.4. The molecule has 0 spiro atoms. The van der Waals surface area contributed by atoms with Gasteiger partial charge in [-0.2, -0.15) is 0 Å². The molecule has 41 heavy (non-hydrogen) atoms. The number of benzene rings is 3. The Hall–Kier alpha value is -4.74. The van der Waals surface area contributed by atoms with Crippen molar-refractivity contribution in [2.24, 2.45) is 10.2 Å². The molecular weight excluding hydrogens is 532 g/mol. The van der Waals surface area contributed by atoms with Crippen molar-refractivity contribution in [3.8, 4) is 5.75 Å². The molecule has 210 valence electrons. The number of methoxy groups -OCH3 is 1. The summed E-state index contributed by atoms with van der Waals surface area (Å²) in [6, 6.07) is 18.4. The molecule has 13 nitrogen and oxygen atoms in total. The summed E-state index contributed by atoms with van der Waals surface area (Å²) < 4.78 is 16.9. The Kier molecular flexibility index (Phi) is 9.33. The number of hydrogen-bond donors (Lipinski definition) is 2. The number of ether oxygens (including phenoxy) is 3. The summed E-state index contributed by atoms with van der Waals surface area (Å²) in [5.41, 5.74) is 16.7. The molecule has 2 unspecified atom stereocenters. The molecule has 0 saturated carbocycles. The largest absolute Gasteiger partial charge is 0.497 e. The average molecular weight is 559 g/mol. The average Bonchev–Trinajstić information content (AvgIpc) is 3.02. The van der Waals surface area contributed by atoms with Crippen molar-refractivity contribution in [3.05, 3.63) is 123 Å². The lowest BCUT2D eigenvalue weighted by Gasteiger charge is -2.49. The van der Waals surface area contributed by atoms with Gasteiger partial charge in [0.15, 0.2) is 23.5 Å². The van der Waals surface area contributed by atoms with Crippen LogP contribution in [-0.2, 0) is 16.1 Å². The summed E-state index contributed by atoms with van der Waals surface area (Å²) in [7, 11) is 1.51. The monoisotopic (exact) mass is 558 g/mol. The Morgan fingerprint density at radius 2 is 1.49 bits per heavy atom. The molecule has 0 aromatic heterocycles. The maximum atomic E-state index is 13.9. The van der Waals surface area contributed by atoms with Gasteiger partial charge in [0.05, 0.1) is 13.7 Å². The second kappa shape index (κ2) is 13.1. The molecule has 0 bridgehead atoms. The summed E-state index contributed by atoms with van der Waals surface area (Å²) in [4.78, 5) is 32.6. The van der Waals surface area contributed by atoms with E-state index in [1.807, 2.05) is 0 Å². The zero-order valence-electron chi connectivity index (χ0n) is 21.8. The molecule has 1 aliphatic heterocycles. The zero-order chi connectivity index (χ0) is 29.4. The van der Waals surface area contributed by atoms with Crippen LogP contribution < -0.4 is 4.74 Å². The van der Waals surface area contributed by atoms with E-state index in [1.54, 1.807) is 60.7 Å². The lowest BCUT2D eigenvalue weighted by atomic mass is 9.74. The van der Waals surface area contributed by atoms with E-state index in [0.29, 0.717) is 11.3 Å². The van der Waals surface area contributed by atoms with Crippen molar-refractivity contribution in [1.29, 1.82) is 0 Å². The molecule has 3 aromatic carbocycles. The third-order valence-electron chi connectivity index (χ3n) is 6.73. The van der Waals surface area contributed by atoms with Gasteiger partial charge < -0.3 is 24.4 Å². The number of rotatable bonds is 11. The molecule has 1 aliphatic rings. The first-order valence-corrected chi connectivity index (χ1v) is 12.4. The minimum Gasteiger partial charge on any atom is -0.497 e. The number of aliphatic hydroxyl groups excluding tert-OH is 1. The van der Waals surface area contributed by atoms with E-state index >= 15 is 0 Å². The smallest absolute Gasteiger partial charge is 0.195 e. The van der Waals surface area contributed by atoms with E-state index in [1.165, 1.54) is 31.4 Å². The molecule has 1 heterocycles. The van der Waals surface area contributed by atoms with Gasteiger partial charge in [-0.25, -0.2) is 0 Å². The molecule has 6 atom stereocenters. The number of carbonyl (C=O) groups is 2. The lowest BCUT2D eigenvalue weighted by Crippen LogP contribution is -2.71. The van der Waals surface area contributed by atoms with Crippen molar-refractivity contribution in [3.63, 3.8) is 0 Å². The maximum absolute atomic E-state index is 13.9. The number of aliphatic hydroxyl groups is 2. The van der Waals surface area contributed by atoms with Crippen LogP contribution in [0.4, 0.5) is 0 Å². The Labute approximate surface area is 234 Å². The van der Waals surface area contributed by atoms with Crippen LogP contribution in [0.3, 0.4) is 0 Å². The van der Waals surface area contributed by atoms with Gasteiger partial charge in [0.1, 0.15) is 30.0 Å². The molecule has 0 radical (unpaired) electrons. The first-order chi connectivity index (χ1) is 19.8. The summed E-state index contributed by atoms with van der Waals surface area (Å²) in [5.74, 6) is -1.21. The molecule has 4 rings (SSSR count). The lowest BCUT2D eigenvalue weighted by molar-refractivity contribution is -0.261. The van der Waals surface area contributed by atoms with Crippen LogP contribution >= 0.6 is 0 Å². The van der Waals surface area contributed by atoms with E-state index in [-0.39, 0.29) is 17.7 Å². The third kappa shape index (κ3) is 6.06. The van der Waals surface area contributed by atoms with Gasteiger partial charge in [0.25, 0.3) is 0 Å². The van der Waals surface area contributed by atoms with Crippen LogP contribution in [0.25, 0.3) is 20.9 Å². The summed E-state index contributed by atoms with van der Waals surface area (Å²) in [6.07, 6.45) is -5.44. The van der Waals surface area contributed by atoms with Crippen molar-refractivity contribution >= 4 is 11.6 Å². The summed E-state index contributed by atoms with van der Waals surface area (Å²) >= 11 is 0. The van der Waals surface area contributed by atoms with Crippen LogP contribution in [0.1, 0.15) is 26.3 Å². The number of ketones is 2. The predicted octanol–water partition coefficient (Wildman–Crippen LogP) is 4.15. The fraction of sp³-hybridized carbons (Fsp3) is 0.286. The molecule has 2 N–H and O–H groups in total. The quantitative estimate of drug-likeness (QED) is 0.152. The molecule has 0 aliphatic carbocycles. The van der Waals surface area contributed by atoms with Gasteiger partial charge in [-0.05, 0) is 28.8 Å². The van der Waals surface area contributed by atoms with Crippen LogP contribution in [0, 0.1) is 0 Å². The van der Waals surface area contributed by atoms with Gasteiger partial charge in [-0.1, -0.05) is 83.0 Å². The highest BCUT2D eigenvalue weighted by atomic mass is 16.7. The van der Waals surface area contributed by atoms with Gasteiger partial charge in [0, 0.05) is 21.0 Å². The third-order valence-corrected chi connectivity index (χ3v) is 6.73. The zero-order valence-corrected chi connectivity index (χ0v) is 21.8. The van der Waals surface area contributed by atoms with Gasteiger partial charge in [0.2, 0.25) is 0 Å². The van der Waals surface area contributed by atoms with Crippen molar-refractivity contribution in [1.82, 2.24) is 0 Å². The summed E-state index contributed by atoms with van der Waals surface area (Å²) in [6.45, 7) is -0.149. The Bertz CT molecular complexity index is 1460. The number of Topliss-reactive ketones (excluding diaryl/α,β-unsaturated/α-hetero) is 2. The first kappa shape index (κ1) is 29.2. The molecule has 1 fully saturated rings. The number of azide groups is 2. The molecular formula is C28H26N6O7. The van der Waals surface area contributed by atoms with Crippen LogP contribution in [0.2, 0.25) is 0 Å². The topological polar surface area (TPSA) is 200 Å². The Morgan fingerprint density at radius 1 is 0.927 bits per heavy atom. The van der Waals surface area contributed by atoms with Crippen molar-refractivity contribution in [2.45, 2.75) is 42.8 Å². The van der Waals surface area contributed by atoms with E-state index in [4.69, 9.17) is 14.2 Å². The van der Waals surface area contributed by atoms with E-state index in [2.05, 4.69) is 20.1 Å². The van der Waals surface area contributed by atoms with Crippen LogP contribution in [0.5, 0.6) is 5.75 Å². The van der Waals surface area contributed by atoms with Crippen LogP contribution in [0.15, 0.2) is 95.2 Å². The van der Waals surface area contributed by atoms with E-state index in [0.717, 1.165) is 0 Å². The highest BCUT2D eigenvalue weighted by molar-refractivity contribution is 6.04. The fourth-order valence-corrected chi connectivity index (χ4v) is 4.63. The van der Waals surface area contributed by atoms with Crippen molar-refractivity contribution < 1.29 is 34.0 Å². The van der Waals surface area contributed by atoms with E-state index in [9.17, 15) is 30.9 Å². The Balaban J connectivity index is 1.80.